The van der Waals surface area contributed by atoms with Gasteiger partial charge in [-0.2, -0.15) is 0 Å². The lowest BCUT2D eigenvalue weighted by atomic mass is 10.2. The minimum atomic E-state index is -1.04. The van der Waals surface area contributed by atoms with E-state index in [0.29, 0.717) is 21.2 Å². The van der Waals surface area contributed by atoms with Gasteiger partial charge in [0.2, 0.25) is 0 Å². The third-order valence-electron chi connectivity index (χ3n) is 2.84. The molecule has 0 unspecified atom stereocenters. The monoisotopic (exact) mass is 335 g/mol. The van der Waals surface area contributed by atoms with Gasteiger partial charge in [-0.25, -0.2) is 13.9 Å². The number of aromatic carboxylic acids is 1. The predicted octanol–water partition coefficient (Wildman–Crippen LogP) is 3.02. The molecule has 1 heterocycles. The predicted molar refractivity (Wildman–Crippen MR) is 73.5 cm³/mol. The van der Waals surface area contributed by atoms with Gasteiger partial charge in [-0.05, 0) is 46.3 Å². The largest absolute Gasteiger partial charge is 0.478 e. The zero-order valence-electron chi connectivity index (χ0n) is 9.92. The molecule has 0 spiro atoms. The van der Waals surface area contributed by atoms with Crippen molar-refractivity contribution < 1.29 is 14.3 Å². The molecule has 20 heavy (non-hydrogen) atoms. The summed E-state index contributed by atoms with van der Waals surface area (Å²) in [7, 11) is 0. The number of halogens is 2. The van der Waals surface area contributed by atoms with Crippen molar-refractivity contribution in [3.8, 4) is 5.69 Å². The maximum atomic E-state index is 13.6. The van der Waals surface area contributed by atoms with E-state index in [9.17, 15) is 9.18 Å². The summed E-state index contributed by atoms with van der Waals surface area (Å²) >= 11 is 3.08. The Labute approximate surface area is 120 Å². The van der Waals surface area contributed by atoms with Crippen LogP contribution in [0.3, 0.4) is 0 Å². The van der Waals surface area contributed by atoms with Crippen LogP contribution in [0.5, 0.6) is 0 Å². The number of nitrogens with zero attached hydrogens (tertiary/aromatic N) is 3. The third kappa shape index (κ3) is 2.05. The van der Waals surface area contributed by atoms with Crippen molar-refractivity contribution in [1.82, 2.24) is 15.0 Å². The molecule has 0 atom stereocenters. The van der Waals surface area contributed by atoms with Crippen molar-refractivity contribution in [2.45, 2.75) is 0 Å². The molecule has 1 N–H and O–H groups in total. The van der Waals surface area contributed by atoms with Crippen molar-refractivity contribution in [3.05, 3.63) is 52.3 Å². The fraction of sp³-hybridized carbons (Fsp3) is 0. The summed E-state index contributed by atoms with van der Waals surface area (Å²) in [6, 6.07) is 8.99. The number of carboxylic acid groups (broad SMARTS) is 1. The molecule has 0 aliphatic rings. The first-order valence-electron chi connectivity index (χ1n) is 5.60. The van der Waals surface area contributed by atoms with Gasteiger partial charge in [-0.1, -0.05) is 5.21 Å². The normalized spacial score (nSPS) is 10.9. The van der Waals surface area contributed by atoms with Crippen LogP contribution in [-0.2, 0) is 0 Å². The lowest BCUT2D eigenvalue weighted by molar-refractivity contribution is 0.0697. The SMILES string of the molecule is O=C(O)c1ccc2nnn(-c3ccc(Br)c(F)c3)c2c1. The van der Waals surface area contributed by atoms with E-state index in [0.717, 1.165) is 0 Å². The van der Waals surface area contributed by atoms with Crippen LogP contribution in [-0.4, -0.2) is 26.1 Å². The van der Waals surface area contributed by atoms with Crippen LogP contribution in [0.2, 0.25) is 0 Å². The fourth-order valence-corrected chi connectivity index (χ4v) is 2.11. The van der Waals surface area contributed by atoms with Gasteiger partial charge in [0, 0.05) is 6.07 Å². The van der Waals surface area contributed by atoms with E-state index < -0.39 is 11.8 Å². The van der Waals surface area contributed by atoms with Gasteiger partial charge >= 0.3 is 5.97 Å². The van der Waals surface area contributed by atoms with Crippen molar-refractivity contribution in [1.29, 1.82) is 0 Å². The smallest absolute Gasteiger partial charge is 0.335 e. The van der Waals surface area contributed by atoms with Crippen LogP contribution in [0.15, 0.2) is 40.9 Å². The summed E-state index contributed by atoms with van der Waals surface area (Å²) < 4.78 is 15.3. The molecule has 0 saturated heterocycles. The highest BCUT2D eigenvalue weighted by atomic mass is 79.9. The second-order valence-corrected chi connectivity index (χ2v) is 4.96. The lowest BCUT2D eigenvalue weighted by Crippen LogP contribution is -1.99. The van der Waals surface area contributed by atoms with Crippen LogP contribution in [0.25, 0.3) is 16.7 Å². The summed E-state index contributed by atoms with van der Waals surface area (Å²) in [5, 5.41) is 16.9. The Morgan fingerprint density at radius 2 is 2.05 bits per heavy atom. The molecule has 100 valence electrons. The second-order valence-electron chi connectivity index (χ2n) is 4.11. The molecule has 0 saturated carbocycles. The summed E-state index contributed by atoms with van der Waals surface area (Å²) in [6.45, 7) is 0. The van der Waals surface area contributed by atoms with E-state index in [2.05, 4.69) is 26.2 Å². The van der Waals surface area contributed by atoms with Gasteiger partial charge in [-0.3, -0.25) is 0 Å². The molecule has 0 fully saturated rings. The van der Waals surface area contributed by atoms with Gasteiger partial charge in [0.25, 0.3) is 0 Å². The Bertz CT molecular complexity index is 832. The van der Waals surface area contributed by atoms with Crippen LogP contribution >= 0.6 is 15.9 Å². The Morgan fingerprint density at radius 1 is 1.25 bits per heavy atom. The van der Waals surface area contributed by atoms with Gasteiger partial charge < -0.3 is 5.11 Å². The number of fused-ring (bicyclic) bond motifs is 1. The first kappa shape index (κ1) is 12.7. The zero-order valence-corrected chi connectivity index (χ0v) is 11.5. The number of rotatable bonds is 2. The summed E-state index contributed by atoms with van der Waals surface area (Å²) in [4.78, 5) is 11.0. The molecule has 0 radical (unpaired) electrons. The summed E-state index contributed by atoms with van der Waals surface area (Å²) in [5.74, 6) is -1.47. The van der Waals surface area contributed by atoms with E-state index in [4.69, 9.17) is 5.11 Å². The number of carboxylic acids is 1. The van der Waals surface area contributed by atoms with Crippen molar-refractivity contribution in [3.63, 3.8) is 0 Å². The van der Waals surface area contributed by atoms with E-state index in [1.165, 1.54) is 22.9 Å². The topological polar surface area (TPSA) is 68.0 Å². The van der Waals surface area contributed by atoms with Gasteiger partial charge in [0.1, 0.15) is 11.3 Å². The molecule has 0 aliphatic heterocycles. The standard InChI is InChI=1S/C13H7BrFN3O2/c14-9-3-2-8(6-10(9)15)18-12-5-7(13(19)20)1-4-11(12)16-17-18/h1-6H,(H,19,20). The highest BCUT2D eigenvalue weighted by Gasteiger charge is 2.11. The molecule has 2 aromatic carbocycles. The van der Waals surface area contributed by atoms with Crippen molar-refractivity contribution in [2.75, 3.05) is 0 Å². The number of aromatic nitrogens is 3. The average Bonchev–Trinajstić information content (AvgIpc) is 2.84. The molecule has 0 amide bonds. The minimum Gasteiger partial charge on any atom is -0.478 e. The van der Waals surface area contributed by atoms with Crippen LogP contribution in [0, 0.1) is 5.82 Å². The number of hydrogen-bond acceptors (Lipinski definition) is 3. The van der Waals surface area contributed by atoms with E-state index in [-0.39, 0.29) is 5.56 Å². The maximum Gasteiger partial charge on any atom is 0.335 e. The van der Waals surface area contributed by atoms with Crippen LogP contribution in [0.4, 0.5) is 4.39 Å². The molecule has 0 bridgehead atoms. The molecule has 0 aliphatic carbocycles. The van der Waals surface area contributed by atoms with E-state index in [1.54, 1.807) is 18.2 Å². The minimum absolute atomic E-state index is 0.124. The summed E-state index contributed by atoms with van der Waals surface area (Å²) in [5.41, 5.74) is 1.64. The van der Waals surface area contributed by atoms with E-state index >= 15 is 0 Å². The van der Waals surface area contributed by atoms with E-state index in [1.807, 2.05) is 0 Å². The Hall–Kier alpha value is -2.28. The van der Waals surface area contributed by atoms with Crippen LogP contribution < -0.4 is 0 Å². The quantitative estimate of drug-likeness (QED) is 0.781. The zero-order chi connectivity index (χ0) is 14.3. The van der Waals surface area contributed by atoms with Gasteiger partial charge in [0.15, 0.2) is 0 Å². The Balaban J connectivity index is 2.22. The lowest BCUT2D eigenvalue weighted by Gasteiger charge is -2.03. The third-order valence-corrected chi connectivity index (χ3v) is 3.48. The summed E-state index contributed by atoms with van der Waals surface area (Å²) in [6.07, 6.45) is 0. The molecular formula is C13H7BrFN3O2. The van der Waals surface area contributed by atoms with Crippen molar-refractivity contribution in [2.24, 2.45) is 0 Å². The highest BCUT2D eigenvalue weighted by molar-refractivity contribution is 9.10. The Morgan fingerprint density at radius 3 is 2.75 bits per heavy atom. The Kier molecular flexibility index (Phi) is 2.98. The molecule has 5 nitrogen and oxygen atoms in total. The first-order chi connectivity index (χ1) is 9.56. The first-order valence-corrected chi connectivity index (χ1v) is 6.40. The second kappa shape index (κ2) is 4.68. The maximum absolute atomic E-state index is 13.6. The molecule has 7 heteroatoms. The number of carbonyl (C=O) groups is 1. The number of hydrogen-bond donors (Lipinski definition) is 1. The van der Waals surface area contributed by atoms with Crippen LogP contribution in [0.1, 0.15) is 10.4 Å². The molecule has 3 rings (SSSR count). The fourth-order valence-electron chi connectivity index (χ4n) is 1.86. The molecule has 1 aromatic heterocycles. The molecular weight excluding hydrogens is 329 g/mol. The van der Waals surface area contributed by atoms with Gasteiger partial charge in [-0.15, -0.1) is 5.10 Å². The van der Waals surface area contributed by atoms with Crippen molar-refractivity contribution >= 4 is 32.9 Å². The number of benzene rings is 2. The molecule has 3 aromatic rings. The van der Waals surface area contributed by atoms with Gasteiger partial charge in [0.05, 0.1) is 21.2 Å². The average molecular weight is 336 g/mol. The highest BCUT2D eigenvalue weighted by Crippen LogP contribution is 2.22.